The van der Waals surface area contributed by atoms with E-state index in [1.165, 1.54) is 0 Å². The van der Waals surface area contributed by atoms with E-state index in [0.717, 1.165) is 25.2 Å². The Labute approximate surface area is 167 Å². The highest BCUT2D eigenvalue weighted by molar-refractivity contribution is 6.30. The maximum atomic E-state index is 12.5. The van der Waals surface area contributed by atoms with E-state index in [0.29, 0.717) is 17.9 Å². The maximum absolute atomic E-state index is 12.5. The molecule has 0 radical (unpaired) electrons. The predicted octanol–water partition coefficient (Wildman–Crippen LogP) is 4.83. The van der Waals surface area contributed by atoms with Gasteiger partial charge in [0.1, 0.15) is 5.60 Å². The molecule has 1 aliphatic heterocycles. The van der Waals surface area contributed by atoms with Gasteiger partial charge < -0.3 is 19.1 Å². The van der Waals surface area contributed by atoms with Gasteiger partial charge in [-0.3, -0.25) is 0 Å². The van der Waals surface area contributed by atoms with Crippen molar-refractivity contribution in [3.05, 3.63) is 47.0 Å². The first kappa shape index (κ1) is 21.7. The Balaban J connectivity index is 2.06. The third kappa shape index (κ3) is 7.91. The monoisotopic (exact) mass is 395 g/mol. The third-order valence-corrected chi connectivity index (χ3v) is 4.37. The first-order chi connectivity index (χ1) is 12.7. The Bertz CT molecular complexity index is 618. The molecule has 1 atom stereocenters. The summed E-state index contributed by atoms with van der Waals surface area (Å²) in [6, 6.07) is 7.51. The predicted molar refractivity (Wildman–Crippen MR) is 107 cm³/mol. The molecule has 1 heterocycles. The van der Waals surface area contributed by atoms with Crippen LogP contribution in [0.25, 0.3) is 0 Å². The van der Waals surface area contributed by atoms with Gasteiger partial charge in [-0.25, -0.2) is 4.79 Å². The van der Waals surface area contributed by atoms with Crippen molar-refractivity contribution in [2.45, 2.75) is 58.0 Å². The van der Waals surface area contributed by atoms with Gasteiger partial charge in [-0.05, 0) is 51.3 Å². The van der Waals surface area contributed by atoms with Crippen molar-refractivity contribution >= 4 is 17.7 Å². The van der Waals surface area contributed by atoms with E-state index in [2.05, 4.69) is 0 Å². The van der Waals surface area contributed by atoms with Gasteiger partial charge in [-0.2, -0.15) is 0 Å². The fourth-order valence-electron chi connectivity index (χ4n) is 2.68. The van der Waals surface area contributed by atoms with E-state index < -0.39 is 5.60 Å². The number of halogens is 1. The van der Waals surface area contributed by atoms with Crippen LogP contribution in [0.2, 0.25) is 5.02 Å². The van der Waals surface area contributed by atoms with Gasteiger partial charge in [-0.1, -0.05) is 35.9 Å². The number of ether oxygens (including phenoxy) is 3. The SMILES string of the molecule is CN(C(=O)OC(C)(C)C)C(C=CCC1OCCCO1)Cc1ccc(Cl)cc1. The second-order valence-electron chi connectivity index (χ2n) is 7.68. The van der Waals surface area contributed by atoms with Gasteiger partial charge in [0.2, 0.25) is 0 Å². The Morgan fingerprint density at radius 1 is 1.30 bits per heavy atom. The van der Waals surface area contributed by atoms with Crippen molar-refractivity contribution in [2.75, 3.05) is 20.3 Å². The molecule has 0 saturated carbocycles. The van der Waals surface area contributed by atoms with Crippen molar-refractivity contribution in [1.29, 1.82) is 0 Å². The molecular formula is C21H30ClNO4. The van der Waals surface area contributed by atoms with Crippen molar-refractivity contribution < 1.29 is 19.0 Å². The molecule has 1 aromatic rings. The van der Waals surface area contributed by atoms with Crippen LogP contribution in [-0.4, -0.2) is 49.2 Å². The average Bonchev–Trinajstić information content (AvgIpc) is 2.61. The molecule has 0 aromatic heterocycles. The highest BCUT2D eigenvalue weighted by Crippen LogP contribution is 2.17. The molecule has 0 aliphatic carbocycles. The van der Waals surface area contributed by atoms with Crippen LogP contribution in [-0.2, 0) is 20.6 Å². The van der Waals surface area contributed by atoms with Crippen LogP contribution in [0.4, 0.5) is 4.79 Å². The Morgan fingerprint density at radius 3 is 2.52 bits per heavy atom. The summed E-state index contributed by atoms with van der Waals surface area (Å²) < 4.78 is 16.7. The van der Waals surface area contributed by atoms with Crippen LogP contribution in [0, 0.1) is 0 Å². The van der Waals surface area contributed by atoms with Crippen LogP contribution >= 0.6 is 11.6 Å². The first-order valence-electron chi connectivity index (χ1n) is 9.35. The molecule has 27 heavy (non-hydrogen) atoms. The number of nitrogens with zero attached hydrogens (tertiary/aromatic N) is 1. The molecule has 0 N–H and O–H groups in total. The number of rotatable bonds is 6. The number of carbonyl (C=O) groups is 1. The summed E-state index contributed by atoms with van der Waals surface area (Å²) >= 11 is 5.98. The summed E-state index contributed by atoms with van der Waals surface area (Å²) in [5, 5.41) is 0.693. The minimum absolute atomic E-state index is 0.149. The lowest BCUT2D eigenvalue weighted by Gasteiger charge is -2.29. The normalized spacial score (nSPS) is 17.1. The molecule has 1 amide bonds. The van der Waals surface area contributed by atoms with Crippen LogP contribution in [0.15, 0.2) is 36.4 Å². The number of carbonyl (C=O) groups excluding carboxylic acids is 1. The van der Waals surface area contributed by atoms with Crippen LogP contribution in [0.5, 0.6) is 0 Å². The minimum Gasteiger partial charge on any atom is -0.444 e. The molecule has 1 fully saturated rings. The summed E-state index contributed by atoms with van der Waals surface area (Å²) in [5.41, 5.74) is 0.554. The average molecular weight is 396 g/mol. The Kier molecular flexibility index (Phi) is 8.14. The number of amides is 1. The van der Waals surface area contributed by atoms with Crippen LogP contribution in [0.3, 0.4) is 0 Å². The molecule has 2 rings (SSSR count). The lowest BCUT2D eigenvalue weighted by Crippen LogP contribution is -2.41. The molecule has 1 aliphatic rings. The van der Waals surface area contributed by atoms with Crippen LogP contribution in [0.1, 0.15) is 39.2 Å². The van der Waals surface area contributed by atoms with E-state index in [9.17, 15) is 4.79 Å². The molecule has 0 spiro atoms. The molecule has 5 nitrogen and oxygen atoms in total. The third-order valence-electron chi connectivity index (χ3n) is 4.12. The Hall–Kier alpha value is -1.56. The van der Waals surface area contributed by atoms with E-state index >= 15 is 0 Å². The zero-order chi connectivity index (χ0) is 19.9. The number of hydrogen-bond donors (Lipinski definition) is 0. The van der Waals surface area contributed by atoms with Crippen LogP contribution < -0.4 is 0 Å². The maximum Gasteiger partial charge on any atom is 0.410 e. The summed E-state index contributed by atoms with van der Waals surface area (Å²) in [5.74, 6) is 0. The summed E-state index contributed by atoms with van der Waals surface area (Å²) in [7, 11) is 1.76. The fraction of sp³-hybridized carbons (Fsp3) is 0.571. The molecule has 1 aromatic carbocycles. The second kappa shape index (κ2) is 10.1. The van der Waals surface area contributed by atoms with Gasteiger partial charge in [0.15, 0.2) is 6.29 Å². The fourth-order valence-corrected chi connectivity index (χ4v) is 2.81. The quantitative estimate of drug-likeness (QED) is 0.647. The zero-order valence-electron chi connectivity index (χ0n) is 16.6. The topological polar surface area (TPSA) is 48.0 Å². The molecule has 6 heteroatoms. The van der Waals surface area contributed by atoms with Gasteiger partial charge in [0, 0.05) is 18.5 Å². The van der Waals surface area contributed by atoms with E-state index in [1.807, 2.05) is 57.2 Å². The summed E-state index contributed by atoms with van der Waals surface area (Å²) in [6.07, 6.45) is 5.71. The molecular weight excluding hydrogens is 366 g/mol. The number of hydrogen-bond acceptors (Lipinski definition) is 4. The second-order valence-corrected chi connectivity index (χ2v) is 8.11. The van der Waals surface area contributed by atoms with E-state index in [4.69, 9.17) is 25.8 Å². The highest BCUT2D eigenvalue weighted by Gasteiger charge is 2.24. The van der Waals surface area contributed by atoms with Gasteiger partial charge in [0.25, 0.3) is 0 Å². The lowest BCUT2D eigenvalue weighted by atomic mass is 10.0. The first-order valence-corrected chi connectivity index (χ1v) is 9.72. The standard InChI is InChI=1S/C21H30ClNO4/c1-21(2,3)27-20(24)23(4)18(15-16-9-11-17(22)12-10-16)7-5-8-19-25-13-6-14-26-19/h5,7,9-12,18-19H,6,8,13-15H2,1-4H3. The van der Waals surface area contributed by atoms with Crippen molar-refractivity contribution in [3.8, 4) is 0 Å². The number of likely N-dealkylation sites (N-methyl/N-ethyl adjacent to an activating group) is 1. The summed E-state index contributed by atoms with van der Waals surface area (Å²) in [6.45, 7) is 7.04. The lowest BCUT2D eigenvalue weighted by molar-refractivity contribution is -0.175. The zero-order valence-corrected chi connectivity index (χ0v) is 17.4. The molecule has 1 saturated heterocycles. The smallest absolute Gasteiger partial charge is 0.410 e. The molecule has 150 valence electrons. The van der Waals surface area contributed by atoms with E-state index in [1.54, 1.807) is 11.9 Å². The Morgan fingerprint density at radius 2 is 1.93 bits per heavy atom. The number of benzene rings is 1. The van der Waals surface area contributed by atoms with Gasteiger partial charge in [-0.15, -0.1) is 0 Å². The molecule has 0 bridgehead atoms. The minimum atomic E-state index is -0.538. The van der Waals surface area contributed by atoms with Crippen molar-refractivity contribution in [1.82, 2.24) is 4.90 Å². The van der Waals surface area contributed by atoms with E-state index in [-0.39, 0.29) is 18.4 Å². The highest BCUT2D eigenvalue weighted by atomic mass is 35.5. The molecule has 1 unspecified atom stereocenters. The van der Waals surface area contributed by atoms with Crippen molar-refractivity contribution in [3.63, 3.8) is 0 Å². The van der Waals surface area contributed by atoms with Gasteiger partial charge >= 0.3 is 6.09 Å². The summed E-state index contributed by atoms with van der Waals surface area (Å²) in [4.78, 5) is 14.1. The largest absolute Gasteiger partial charge is 0.444 e. The van der Waals surface area contributed by atoms with Gasteiger partial charge in [0.05, 0.1) is 19.3 Å². The van der Waals surface area contributed by atoms with Crippen molar-refractivity contribution in [2.24, 2.45) is 0 Å².